The number of primary amides is 1. The Labute approximate surface area is 190 Å². The molecule has 0 spiro atoms. The first kappa shape index (κ1) is 21.4. The number of piperidine rings is 1. The average Bonchev–Trinajstić information content (AvgIpc) is 3.24. The minimum Gasteiger partial charge on any atom is -0.364 e. The summed E-state index contributed by atoms with van der Waals surface area (Å²) in [5.41, 5.74) is 8.03. The molecular formula is C24H27FN6O2. The molecule has 3 amide bonds. The van der Waals surface area contributed by atoms with Gasteiger partial charge in [-0.15, -0.1) is 0 Å². The predicted molar refractivity (Wildman–Crippen MR) is 123 cm³/mol. The van der Waals surface area contributed by atoms with Gasteiger partial charge in [-0.3, -0.25) is 9.48 Å². The average molecular weight is 451 g/mol. The maximum absolute atomic E-state index is 13.0. The number of halogens is 1. The van der Waals surface area contributed by atoms with Gasteiger partial charge in [0.2, 0.25) is 0 Å². The van der Waals surface area contributed by atoms with E-state index in [4.69, 9.17) is 5.73 Å². The van der Waals surface area contributed by atoms with E-state index in [0.717, 1.165) is 23.9 Å². The van der Waals surface area contributed by atoms with E-state index in [1.165, 1.54) is 25.0 Å². The zero-order valence-corrected chi connectivity index (χ0v) is 18.4. The number of urea groups is 1. The van der Waals surface area contributed by atoms with Gasteiger partial charge in [-0.2, -0.15) is 5.10 Å². The number of carbonyl (C=O) groups excluding carboxylic acids is 2. The molecule has 2 aliphatic heterocycles. The Morgan fingerprint density at radius 3 is 2.45 bits per heavy atom. The Hall–Kier alpha value is -3.46. The van der Waals surface area contributed by atoms with Gasteiger partial charge in [0.25, 0.3) is 5.91 Å². The molecule has 2 saturated heterocycles. The Bertz CT molecular complexity index is 1190. The third kappa shape index (κ3) is 4.16. The van der Waals surface area contributed by atoms with Crippen LogP contribution in [0.1, 0.15) is 47.8 Å². The molecule has 5 rings (SSSR count). The van der Waals surface area contributed by atoms with Crippen LogP contribution in [0.25, 0.3) is 10.9 Å². The lowest BCUT2D eigenvalue weighted by Gasteiger charge is -2.36. The summed E-state index contributed by atoms with van der Waals surface area (Å²) in [5.74, 6) is -0.881. The lowest BCUT2D eigenvalue weighted by atomic mass is 9.98. The summed E-state index contributed by atoms with van der Waals surface area (Å²) in [6.07, 6.45) is 4.30. The maximum Gasteiger partial charge on any atom is 0.319 e. The van der Waals surface area contributed by atoms with Gasteiger partial charge in [-0.05, 0) is 68.6 Å². The van der Waals surface area contributed by atoms with Crippen molar-refractivity contribution in [1.82, 2.24) is 20.0 Å². The highest BCUT2D eigenvalue weighted by atomic mass is 19.1. The number of fused-ring (bicyclic) bond motifs is 3. The number of benzene rings is 2. The minimum absolute atomic E-state index is 0.178. The van der Waals surface area contributed by atoms with E-state index in [0.29, 0.717) is 23.2 Å². The second-order valence-corrected chi connectivity index (χ2v) is 9.00. The number of nitrogens with two attached hydrogens (primary N) is 1. The molecule has 1 aromatic heterocycles. The first-order valence-corrected chi connectivity index (χ1v) is 11.2. The van der Waals surface area contributed by atoms with Crippen LogP contribution in [0.4, 0.5) is 14.9 Å². The highest BCUT2D eigenvalue weighted by molar-refractivity contribution is 6.05. The highest BCUT2D eigenvalue weighted by Gasteiger charge is 2.40. The van der Waals surface area contributed by atoms with E-state index in [1.807, 2.05) is 10.7 Å². The van der Waals surface area contributed by atoms with Crippen LogP contribution in [0.15, 0.2) is 42.5 Å². The molecule has 8 nitrogen and oxygen atoms in total. The van der Waals surface area contributed by atoms with Gasteiger partial charge in [-0.25, -0.2) is 9.18 Å². The third-order valence-corrected chi connectivity index (χ3v) is 6.98. The number of hydrogen-bond acceptors (Lipinski definition) is 4. The van der Waals surface area contributed by atoms with Crippen LogP contribution in [-0.4, -0.2) is 45.8 Å². The molecule has 2 aromatic carbocycles. The third-order valence-electron chi connectivity index (χ3n) is 6.98. The normalized spacial score (nSPS) is 22.4. The van der Waals surface area contributed by atoms with E-state index in [-0.39, 0.29) is 30.1 Å². The van der Waals surface area contributed by atoms with Crippen LogP contribution in [0.2, 0.25) is 0 Å². The van der Waals surface area contributed by atoms with Crippen molar-refractivity contribution >= 4 is 28.5 Å². The summed E-state index contributed by atoms with van der Waals surface area (Å²) >= 11 is 0. The van der Waals surface area contributed by atoms with Gasteiger partial charge in [0.1, 0.15) is 5.82 Å². The summed E-state index contributed by atoms with van der Waals surface area (Å²) in [5, 5.41) is 10.9. The number of nitrogens with one attached hydrogen (secondary N) is 2. The van der Waals surface area contributed by atoms with Gasteiger partial charge in [0.15, 0.2) is 5.69 Å². The second-order valence-electron chi connectivity index (χ2n) is 9.00. The molecule has 0 saturated carbocycles. The van der Waals surface area contributed by atoms with Gasteiger partial charge < -0.3 is 21.3 Å². The van der Waals surface area contributed by atoms with E-state index in [9.17, 15) is 14.0 Å². The van der Waals surface area contributed by atoms with Crippen LogP contribution in [0, 0.1) is 5.82 Å². The zero-order chi connectivity index (χ0) is 23.1. The quantitative estimate of drug-likeness (QED) is 0.554. The molecule has 3 heterocycles. The Kier molecular flexibility index (Phi) is 5.49. The fraction of sp³-hybridized carbons (Fsp3) is 0.375. The number of aromatic nitrogens is 2. The largest absolute Gasteiger partial charge is 0.364 e. The Morgan fingerprint density at radius 2 is 1.79 bits per heavy atom. The predicted octanol–water partition coefficient (Wildman–Crippen LogP) is 3.39. The number of anilines is 1. The van der Waals surface area contributed by atoms with Gasteiger partial charge >= 0.3 is 6.03 Å². The van der Waals surface area contributed by atoms with Crippen molar-refractivity contribution in [3.8, 4) is 0 Å². The maximum atomic E-state index is 13.0. The van der Waals surface area contributed by atoms with E-state index >= 15 is 0 Å². The van der Waals surface area contributed by atoms with Crippen molar-refractivity contribution in [2.75, 3.05) is 12.4 Å². The van der Waals surface area contributed by atoms with Crippen molar-refractivity contribution in [3.63, 3.8) is 0 Å². The lowest BCUT2D eigenvalue weighted by molar-refractivity contribution is 0.0993. The number of hydrogen-bond donors (Lipinski definition) is 3. The van der Waals surface area contributed by atoms with Crippen molar-refractivity contribution < 1.29 is 14.0 Å². The summed E-state index contributed by atoms with van der Waals surface area (Å²) < 4.78 is 15.0. The Morgan fingerprint density at radius 1 is 1.09 bits per heavy atom. The van der Waals surface area contributed by atoms with Gasteiger partial charge in [-0.1, -0.05) is 12.1 Å². The summed E-state index contributed by atoms with van der Waals surface area (Å²) in [6.45, 7) is 0.274. The summed E-state index contributed by atoms with van der Waals surface area (Å²) in [4.78, 5) is 26.9. The number of amides is 3. The number of carbonyl (C=O) groups is 2. The first-order valence-electron chi connectivity index (χ1n) is 11.2. The lowest BCUT2D eigenvalue weighted by Crippen LogP contribution is -2.40. The van der Waals surface area contributed by atoms with Gasteiger partial charge in [0.05, 0.1) is 11.6 Å². The standard InChI is InChI=1S/C24H27FN6O2/c1-30-17-7-8-18(30)12-19(11-17)31-21-10-16(6-9-20(21)22(29-31)23(26)32)28-24(33)27-13-14-2-4-15(25)5-3-14/h2-6,9-10,17-19H,7-8,11-13H2,1H3,(H2,26,32)(H2,27,28,33). The van der Waals surface area contributed by atoms with E-state index in [2.05, 4.69) is 27.7 Å². The van der Waals surface area contributed by atoms with E-state index < -0.39 is 5.91 Å². The molecule has 3 aromatic rings. The van der Waals surface area contributed by atoms with Crippen molar-refractivity contribution in [2.24, 2.45) is 5.73 Å². The Balaban J connectivity index is 1.37. The fourth-order valence-corrected chi connectivity index (χ4v) is 5.22. The molecule has 2 atom stereocenters. The molecular weight excluding hydrogens is 423 g/mol. The van der Waals surface area contributed by atoms with E-state index in [1.54, 1.807) is 24.3 Å². The van der Waals surface area contributed by atoms with Crippen LogP contribution in [0.3, 0.4) is 0 Å². The molecule has 2 bridgehead atoms. The topological polar surface area (TPSA) is 105 Å². The first-order chi connectivity index (χ1) is 15.9. The smallest absolute Gasteiger partial charge is 0.319 e. The molecule has 172 valence electrons. The van der Waals surface area contributed by atoms with Crippen LogP contribution in [-0.2, 0) is 6.54 Å². The summed E-state index contributed by atoms with van der Waals surface area (Å²) in [6, 6.07) is 12.1. The fourth-order valence-electron chi connectivity index (χ4n) is 5.22. The molecule has 4 N–H and O–H groups in total. The zero-order valence-electron chi connectivity index (χ0n) is 18.4. The summed E-state index contributed by atoms with van der Waals surface area (Å²) in [7, 11) is 2.18. The SMILES string of the molecule is CN1C2CCC1CC(n1nc(C(N)=O)c3ccc(NC(=O)NCc4ccc(F)cc4)cc31)C2. The van der Waals surface area contributed by atoms with Crippen LogP contribution in [0.5, 0.6) is 0 Å². The van der Waals surface area contributed by atoms with Crippen molar-refractivity contribution in [1.29, 1.82) is 0 Å². The molecule has 2 fully saturated rings. The molecule has 0 aliphatic carbocycles. The number of rotatable bonds is 5. The molecule has 2 unspecified atom stereocenters. The molecule has 0 radical (unpaired) electrons. The van der Waals surface area contributed by atoms with Crippen molar-refractivity contribution in [2.45, 2.75) is 50.4 Å². The second kappa shape index (κ2) is 8.47. The number of nitrogens with zero attached hydrogens (tertiary/aromatic N) is 3. The monoisotopic (exact) mass is 450 g/mol. The van der Waals surface area contributed by atoms with Crippen LogP contribution >= 0.6 is 0 Å². The molecule has 2 aliphatic rings. The molecule has 9 heteroatoms. The highest BCUT2D eigenvalue weighted by Crippen LogP contribution is 2.41. The molecule has 33 heavy (non-hydrogen) atoms. The van der Waals surface area contributed by atoms with Crippen LogP contribution < -0.4 is 16.4 Å². The van der Waals surface area contributed by atoms with Gasteiger partial charge in [0, 0.05) is 29.7 Å². The van der Waals surface area contributed by atoms with Crippen molar-refractivity contribution in [3.05, 3.63) is 59.5 Å². The minimum atomic E-state index is -0.563.